The Morgan fingerprint density at radius 1 is 0.510 bits per heavy atom. The van der Waals surface area contributed by atoms with E-state index in [1.807, 2.05) is 36.5 Å². The first-order chi connectivity index (χ1) is 24.2. The molecule has 0 aliphatic carbocycles. The van der Waals surface area contributed by atoms with Crippen molar-refractivity contribution in [1.82, 2.24) is 14.5 Å². The van der Waals surface area contributed by atoms with Crippen LogP contribution < -0.4 is 0 Å². The molecule has 0 unspecified atom stereocenters. The monoisotopic (exact) mass is 622 g/mol. The fourth-order valence-electron chi connectivity index (χ4n) is 7.57. The van der Waals surface area contributed by atoms with Crippen LogP contribution in [0.5, 0.6) is 0 Å². The Kier molecular flexibility index (Phi) is 5.90. The smallest absolute Gasteiger partial charge is 0.0991 e. The molecule has 0 radical (unpaired) electrons. The first kappa shape index (κ1) is 27.3. The average molecular weight is 623 g/mol. The van der Waals surface area contributed by atoms with Crippen LogP contribution >= 0.6 is 0 Å². The molecule has 0 saturated carbocycles. The van der Waals surface area contributed by atoms with Crippen LogP contribution in [0.2, 0.25) is 0 Å². The van der Waals surface area contributed by atoms with Crippen molar-refractivity contribution < 1.29 is 0 Å². The number of benzene rings is 7. The van der Waals surface area contributed by atoms with Gasteiger partial charge in [-0.05, 0) is 71.1 Å². The Morgan fingerprint density at radius 2 is 1.20 bits per heavy atom. The minimum atomic E-state index is 0.648. The average Bonchev–Trinajstić information content (AvgIpc) is 3.50. The SMILES string of the molecule is N#Cc1ccc2c(c1)c1cc(-c3ccc4c(c3)nc(-c3ccccc3)c3ccc5ccc6cccnc6c5c34)ccc1n2-c1ccccc1. The number of nitriles is 1. The van der Waals surface area contributed by atoms with Crippen LogP contribution in [0.4, 0.5) is 0 Å². The van der Waals surface area contributed by atoms with E-state index in [0.29, 0.717) is 5.56 Å². The predicted molar refractivity (Wildman–Crippen MR) is 202 cm³/mol. The molecule has 0 amide bonds. The Hall–Kier alpha value is -6.83. The fraction of sp³-hybridized carbons (Fsp3) is 0. The number of nitrogens with zero attached hydrogens (tertiary/aromatic N) is 4. The van der Waals surface area contributed by atoms with E-state index < -0.39 is 0 Å². The van der Waals surface area contributed by atoms with Crippen LogP contribution in [0.25, 0.3) is 93.2 Å². The fourth-order valence-corrected chi connectivity index (χ4v) is 7.57. The maximum absolute atomic E-state index is 9.76. The molecule has 7 aromatic carbocycles. The van der Waals surface area contributed by atoms with Crippen LogP contribution in [0.3, 0.4) is 0 Å². The summed E-state index contributed by atoms with van der Waals surface area (Å²) in [7, 11) is 0. The number of pyridine rings is 2. The van der Waals surface area contributed by atoms with E-state index >= 15 is 0 Å². The van der Waals surface area contributed by atoms with Crippen molar-refractivity contribution in [2.45, 2.75) is 0 Å². The van der Waals surface area contributed by atoms with Crippen LogP contribution in [-0.2, 0) is 0 Å². The van der Waals surface area contributed by atoms with Gasteiger partial charge in [0.05, 0.1) is 39.4 Å². The minimum Gasteiger partial charge on any atom is -0.309 e. The van der Waals surface area contributed by atoms with Gasteiger partial charge in [-0.15, -0.1) is 0 Å². The van der Waals surface area contributed by atoms with E-state index in [4.69, 9.17) is 9.97 Å². The van der Waals surface area contributed by atoms with Crippen molar-refractivity contribution in [1.29, 1.82) is 5.26 Å². The molecular formula is C45H26N4. The summed E-state index contributed by atoms with van der Waals surface area (Å²) >= 11 is 0. The summed E-state index contributed by atoms with van der Waals surface area (Å²) < 4.78 is 2.28. The zero-order valence-corrected chi connectivity index (χ0v) is 26.3. The van der Waals surface area contributed by atoms with E-state index in [1.165, 1.54) is 5.39 Å². The van der Waals surface area contributed by atoms with Crippen molar-refractivity contribution in [3.05, 3.63) is 163 Å². The molecule has 226 valence electrons. The Morgan fingerprint density at radius 3 is 2.04 bits per heavy atom. The second-order valence-corrected chi connectivity index (χ2v) is 12.5. The molecule has 10 aromatic rings. The van der Waals surface area contributed by atoms with E-state index in [1.54, 1.807) is 0 Å². The van der Waals surface area contributed by atoms with Crippen LogP contribution in [0, 0.1) is 11.3 Å². The molecular weight excluding hydrogens is 597 g/mol. The molecule has 0 fully saturated rings. The third kappa shape index (κ3) is 4.16. The lowest BCUT2D eigenvalue weighted by molar-refractivity contribution is 1.18. The van der Waals surface area contributed by atoms with Gasteiger partial charge in [0.25, 0.3) is 0 Å². The lowest BCUT2D eigenvalue weighted by Crippen LogP contribution is -1.93. The largest absolute Gasteiger partial charge is 0.309 e. The summed E-state index contributed by atoms with van der Waals surface area (Å²) in [5.41, 5.74) is 10.1. The van der Waals surface area contributed by atoms with Crippen molar-refractivity contribution in [2.75, 3.05) is 0 Å². The minimum absolute atomic E-state index is 0.648. The number of hydrogen-bond donors (Lipinski definition) is 0. The highest BCUT2D eigenvalue weighted by Crippen LogP contribution is 2.41. The van der Waals surface area contributed by atoms with Gasteiger partial charge < -0.3 is 4.57 Å². The van der Waals surface area contributed by atoms with Gasteiger partial charge >= 0.3 is 0 Å². The summed E-state index contributed by atoms with van der Waals surface area (Å²) in [6.45, 7) is 0. The molecule has 0 N–H and O–H groups in total. The first-order valence-electron chi connectivity index (χ1n) is 16.4. The quantitative estimate of drug-likeness (QED) is 0.184. The molecule has 0 aliphatic rings. The van der Waals surface area contributed by atoms with Crippen LogP contribution in [0.15, 0.2) is 158 Å². The predicted octanol–water partition coefficient (Wildman–Crippen LogP) is 11.4. The molecule has 0 bridgehead atoms. The lowest BCUT2D eigenvalue weighted by Gasteiger charge is -2.15. The number of fused-ring (bicyclic) bond motifs is 10. The van der Waals surface area contributed by atoms with Gasteiger partial charge in [-0.25, -0.2) is 4.98 Å². The molecule has 4 heteroatoms. The van der Waals surface area contributed by atoms with Crippen molar-refractivity contribution in [3.8, 4) is 34.1 Å². The van der Waals surface area contributed by atoms with Crippen LogP contribution in [0.1, 0.15) is 5.56 Å². The molecule has 49 heavy (non-hydrogen) atoms. The zero-order valence-electron chi connectivity index (χ0n) is 26.3. The van der Waals surface area contributed by atoms with E-state index in [9.17, 15) is 5.26 Å². The summed E-state index contributed by atoms with van der Waals surface area (Å²) in [5, 5.41) is 18.7. The standard InChI is InChI=1S/C45H26N4/c46-27-28-13-21-40-37(24-28)38-25-32(18-22-41(38)49(40)34-11-5-2-6-12-34)33-17-19-35-39(26-33)48-44(30-8-3-1-4-9-30)36-20-16-29-14-15-31-10-7-23-47-45(31)42(29)43(35)36/h1-26H. The summed E-state index contributed by atoms with van der Waals surface area (Å²) in [6, 6.07) is 55.3. The number of hydrogen-bond acceptors (Lipinski definition) is 3. The Balaban J connectivity index is 1.26. The molecule has 3 heterocycles. The molecule has 0 aliphatic heterocycles. The van der Waals surface area contributed by atoms with Crippen molar-refractivity contribution in [2.24, 2.45) is 0 Å². The van der Waals surface area contributed by atoms with Gasteiger partial charge in [-0.3, -0.25) is 4.98 Å². The molecule has 10 rings (SSSR count). The van der Waals surface area contributed by atoms with Crippen LogP contribution in [-0.4, -0.2) is 14.5 Å². The second-order valence-electron chi connectivity index (χ2n) is 12.5. The normalized spacial score (nSPS) is 11.7. The van der Waals surface area contributed by atoms with E-state index in [0.717, 1.165) is 87.8 Å². The van der Waals surface area contributed by atoms with E-state index in [-0.39, 0.29) is 0 Å². The van der Waals surface area contributed by atoms with E-state index in [2.05, 4.69) is 132 Å². The molecule has 4 nitrogen and oxygen atoms in total. The van der Waals surface area contributed by atoms with Gasteiger partial charge in [0, 0.05) is 55.2 Å². The maximum Gasteiger partial charge on any atom is 0.0991 e. The Labute approximate surface area is 281 Å². The van der Waals surface area contributed by atoms with Gasteiger partial charge in [-0.1, -0.05) is 97.1 Å². The summed E-state index contributed by atoms with van der Waals surface area (Å²) in [6.07, 6.45) is 1.88. The van der Waals surface area contributed by atoms with Gasteiger partial charge in [0.15, 0.2) is 0 Å². The summed E-state index contributed by atoms with van der Waals surface area (Å²) in [4.78, 5) is 10.2. The highest BCUT2D eigenvalue weighted by Gasteiger charge is 2.18. The zero-order chi connectivity index (χ0) is 32.5. The topological polar surface area (TPSA) is 54.5 Å². The third-order valence-corrected chi connectivity index (χ3v) is 9.80. The van der Waals surface area contributed by atoms with Gasteiger partial charge in [0.2, 0.25) is 0 Å². The highest BCUT2D eigenvalue weighted by atomic mass is 15.0. The molecule has 0 spiro atoms. The number of para-hydroxylation sites is 1. The second kappa shape index (κ2) is 10.6. The first-order valence-corrected chi connectivity index (χ1v) is 16.4. The van der Waals surface area contributed by atoms with Gasteiger partial charge in [-0.2, -0.15) is 5.26 Å². The molecule has 0 saturated heterocycles. The lowest BCUT2D eigenvalue weighted by atomic mass is 9.92. The number of rotatable bonds is 3. The molecule has 3 aromatic heterocycles. The molecule has 0 atom stereocenters. The summed E-state index contributed by atoms with van der Waals surface area (Å²) in [5.74, 6) is 0. The van der Waals surface area contributed by atoms with Gasteiger partial charge in [0.1, 0.15) is 0 Å². The highest BCUT2D eigenvalue weighted by molar-refractivity contribution is 6.28. The third-order valence-electron chi connectivity index (χ3n) is 9.80. The Bertz CT molecular complexity index is 2990. The van der Waals surface area contributed by atoms with Crippen molar-refractivity contribution >= 4 is 65.2 Å². The number of aromatic nitrogens is 3. The van der Waals surface area contributed by atoms with Crippen molar-refractivity contribution in [3.63, 3.8) is 0 Å². The maximum atomic E-state index is 9.76.